The zero-order chi connectivity index (χ0) is 11.5. The van der Waals surface area contributed by atoms with Crippen molar-refractivity contribution in [2.75, 3.05) is 0 Å². The second-order valence-corrected chi connectivity index (χ2v) is 4.90. The third-order valence-corrected chi connectivity index (χ3v) is 2.39. The van der Waals surface area contributed by atoms with Crippen molar-refractivity contribution >= 4 is 22.0 Å². The molecular formula is C11H14BrNO2. The van der Waals surface area contributed by atoms with E-state index in [4.69, 9.17) is 10.5 Å². The van der Waals surface area contributed by atoms with E-state index < -0.39 is 11.7 Å². The van der Waals surface area contributed by atoms with Gasteiger partial charge in [-0.15, -0.1) is 0 Å². The lowest BCUT2D eigenvalue weighted by atomic mass is 9.98. The van der Waals surface area contributed by atoms with Gasteiger partial charge in [-0.1, -0.05) is 28.1 Å². The Kier molecular flexibility index (Phi) is 3.74. The molecule has 1 aromatic carbocycles. The lowest BCUT2D eigenvalue weighted by Crippen LogP contribution is -2.33. The molecule has 0 fully saturated rings. The van der Waals surface area contributed by atoms with Crippen LogP contribution in [0.5, 0.6) is 0 Å². The number of hydrogen-bond donors (Lipinski definition) is 1. The molecule has 4 heteroatoms. The summed E-state index contributed by atoms with van der Waals surface area (Å²) in [6.45, 7) is 3.66. The Hall–Kier alpha value is -1.03. The highest BCUT2D eigenvalue weighted by Gasteiger charge is 2.22. The van der Waals surface area contributed by atoms with Gasteiger partial charge in [-0.2, -0.15) is 0 Å². The van der Waals surface area contributed by atoms with Gasteiger partial charge >= 0.3 is 6.09 Å². The van der Waals surface area contributed by atoms with Gasteiger partial charge in [-0.3, -0.25) is 0 Å². The lowest BCUT2D eigenvalue weighted by Gasteiger charge is -2.24. The number of rotatable bonds is 3. The van der Waals surface area contributed by atoms with Crippen molar-refractivity contribution in [2.45, 2.75) is 25.9 Å². The summed E-state index contributed by atoms with van der Waals surface area (Å²) in [5, 5.41) is 0. The fraction of sp³-hybridized carbons (Fsp3) is 0.364. The number of benzene rings is 1. The fourth-order valence-electron chi connectivity index (χ4n) is 1.45. The van der Waals surface area contributed by atoms with Crippen molar-refractivity contribution in [3.05, 3.63) is 34.3 Å². The number of hydrogen-bond acceptors (Lipinski definition) is 2. The van der Waals surface area contributed by atoms with Crippen molar-refractivity contribution in [2.24, 2.45) is 5.73 Å². The minimum absolute atomic E-state index is 0.577. The highest BCUT2D eigenvalue weighted by atomic mass is 79.9. The maximum atomic E-state index is 10.7. The summed E-state index contributed by atoms with van der Waals surface area (Å²) in [5.41, 5.74) is 5.51. The Morgan fingerprint density at radius 3 is 2.73 bits per heavy atom. The molecule has 82 valence electrons. The highest BCUT2D eigenvalue weighted by molar-refractivity contribution is 9.10. The lowest BCUT2D eigenvalue weighted by molar-refractivity contribution is 0.0460. The molecular weight excluding hydrogens is 258 g/mol. The summed E-state index contributed by atoms with van der Waals surface area (Å²) >= 11 is 3.39. The van der Waals surface area contributed by atoms with Crippen LogP contribution in [0.4, 0.5) is 4.79 Å². The number of amides is 1. The third kappa shape index (κ3) is 4.34. The van der Waals surface area contributed by atoms with Gasteiger partial charge in [-0.25, -0.2) is 4.79 Å². The predicted octanol–water partition coefficient (Wildman–Crippen LogP) is 2.87. The molecule has 0 aliphatic carbocycles. The monoisotopic (exact) mass is 271 g/mol. The normalized spacial score (nSPS) is 11.1. The molecule has 0 spiro atoms. The van der Waals surface area contributed by atoms with Crippen molar-refractivity contribution in [1.82, 2.24) is 0 Å². The summed E-state index contributed by atoms with van der Waals surface area (Å²) in [6.07, 6.45) is -0.106. The molecule has 1 rings (SSSR count). The number of ether oxygens (including phenoxy) is 1. The van der Waals surface area contributed by atoms with Crippen LogP contribution >= 0.6 is 15.9 Å². The first-order valence-corrected chi connectivity index (χ1v) is 5.41. The van der Waals surface area contributed by atoms with E-state index >= 15 is 0 Å². The van der Waals surface area contributed by atoms with Crippen LogP contribution in [0.15, 0.2) is 28.7 Å². The number of carbonyl (C=O) groups excluding carboxylic acids is 1. The van der Waals surface area contributed by atoms with Gasteiger partial charge < -0.3 is 10.5 Å². The van der Waals surface area contributed by atoms with Gasteiger partial charge in [0, 0.05) is 10.9 Å². The van der Waals surface area contributed by atoms with Gasteiger partial charge in [0.2, 0.25) is 0 Å². The van der Waals surface area contributed by atoms with E-state index in [1.807, 2.05) is 38.1 Å². The Morgan fingerprint density at radius 1 is 1.53 bits per heavy atom. The summed E-state index contributed by atoms with van der Waals surface area (Å²) in [6, 6.07) is 7.87. The first-order valence-electron chi connectivity index (χ1n) is 4.62. The average molecular weight is 272 g/mol. The van der Waals surface area contributed by atoms with E-state index in [9.17, 15) is 4.79 Å². The predicted molar refractivity (Wildman–Crippen MR) is 62.6 cm³/mol. The second kappa shape index (κ2) is 4.66. The second-order valence-electron chi connectivity index (χ2n) is 3.99. The number of primary amides is 1. The van der Waals surface area contributed by atoms with Crippen LogP contribution in [0.3, 0.4) is 0 Å². The van der Waals surface area contributed by atoms with Crippen LogP contribution in [0.2, 0.25) is 0 Å². The zero-order valence-electron chi connectivity index (χ0n) is 8.79. The molecule has 0 saturated heterocycles. The number of carbonyl (C=O) groups is 1. The van der Waals surface area contributed by atoms with Crippen LogP contribution in [-0.4, -0.2) is 11.7 Å². The molecule has 15 heavy (non-hydrogen) atoms. The Labute approximate surface area is 97.7 Å². The van der Waals surface area contributed by atoms with E-state index in [1.165, 1.54) is 0 Å². The van der Waals surface area contributed by atoms with Crippen molar-refractivity contribution < 1.29 is 9.53 Å². The first-order chi connectivity index (χ1) is 6.89. The summed E-state index contributed by atoms with van der Waals surface area (Å²) < 4.78 is 6.01. The van der Waals surface area contributed by atoms with Gasteiger partial charge in [0.1, 0.15) is 5.60 Å². The van der Waals surface area contributed by atoms with Crippen LogP contribution in [0.1, 0.15) is 19.4 Å². The molecule has 0 bridgehead atoms. The quantitative estimate of drug-likeness (QED) is 0.919. The summed E-state index contributed by atoms with van der Waals surface area (Å²) in [5.74, 6) is 0. The Morgan fingerprint density at radius 2 is 2.20 bits per heavy atom. The van der Waals surface area contributed by atoms with E-state index in [1.54, 1.807) is 0 Å². The minimum Gasteiger partial charge on any atom is -0.443 e. The average Bonchev–Trinajstić information content (AvgIpc) is 1.99. The molecule has 0 heterocycles. The molecule has 0 atom stereocenters. The molecule has 0 aliphatic heterocycles. The standard InChI is InChI=1S/C11H14BrNO2/c1-11(2,15-10(13)14)7-8-4-3-5-9(12)6-8/h3-6H,7H2,1-2H3,(H2,13,14). The van der Waals surface area contributed by atoms with Gasteiger partial charge in [0.25, 0.3) is 0 Å². The topological polar surface area (TPSA) is 52.3 Å². The maximum absolute atomic E-state index is 10.7. The zero-order valence-corrected chi connectivity index (χ0v) is 10.4. The van der Waals surface area contributed by atoms with Crippen molar-refractivity contribution in [1.29, 1.82) is 0 Å². The Balaban J connectivity index is 2.72. The molecule has 0 radical (unpaired) electrons. The SMILES string of the molecule is CC(C)(Cc1cccc(Br)c1)OC(N)=O. The van der Waals surface area contributed by atoms with Crippen molar-refractivity contribution in [3.8, 4) is 0 Å². The fourth-order valence-corrected chi connectivity index (χ4v) is 1.89. The largest absolute Gasteiger partial charge is 0.443 e. The molecule has 1 amide bonds. The summed E-state index contributed by atoms with van der Waals surface area (Å²) in [7, 11) is 0. The smallest absolute Gasteiger partial charge is 0.405 e. The minimum atomic E-state index is -0.741. The van der Waals surface area contributed by atoms with Crippen LogP contribution in [-0.2, 0) is 11.2 Å². The molecule has 0 unspecified atom stereocenters. The van der Waals surface area contributed by atoms with E-state index in [2.05, 4.69) is 15.9 Å². The third-order valence-electron chi connectivity index (χ3n) is 1.90. The van der Waals surface area contributed by atoms with E-state index in [0.717, 1.165) is 10.0 Å². The van der Waals surface area contributed by atoms with Crippen LogP contribution in [0, 0.1) is 0 Å². The van der Waals surface area contributed by atoms with Crippen LogP contribution < -0.4 is 5.73 Å². The van der Waals surface area contributed by atoms with Gasteiger partial charge in [0.15, 0.2) is 0 Å². The van der Waals surface area contributed by atoms with Gasteiger partial charge in [0.05, 0.1) is 0 Å². The van der Waals surface area contributed by atoms with Crippen LogP contribution in [0.25, 0.3) is 0 Å². The summed E-state index contributed by atoms with van der Waals surface area (Å²) in [4.78, 5) is 10.7. The first kappa shape index (κ1) is 12.0. The molecule has 0 saturated carbocycles. The molecule has 1 aromatic rings. The van der Waals surface area contributed by atoms with Crippen molar-refractivity contribution in [3.63, 3.8) is 0 Å². The Bertz CT molecular complexity index is 363. The number of nitrogens with two attached hydrogens (primary N) is 1. The molecule has 0 aliphatic rings. The van der Waals surface area contributed by atoms with E-state index in [0.29, 0.717) is 6.42 Å². The maximum Gasteiger partial charge on any atom is 0.405 e. The van der Waals surface area contributed by atoms with Gasteiger partial charge in [-0.05, 0) is 31.5 Å². The molecule has 3 nitrogen and oxygen atoms in total. The highest BCUT2D eigenvalue weighted by Crippen LogP contribution is 2.19. The molecule has 0 aromatic heterocycles. The molecule has 2 N–H and O–H groups in total. The van der Waals surface area contributed by atoms with E-state index in [-0.39, 0.29) is 0 Å². The number of halogens is 1.